The number of benzene rings is 2. The Morgan fingerprint density at radius 3 is 2.29 bits per heavy atom. The van der Waals surface area contributed by atoms with E-state index in [0.29, 0.717) is 35.5 Å². The quantitative estimate of drug-likeness (QED) is 0.158. The molecule has 0 saturated carbocycles. The summed E-state index contributed by atoms with van der Waals surface area (Å²) in [6.45, 7) is 3.58. The Kier molecular flexibility index (Phi) is 8.95. The van der Waals surface area contributed by atoms with E-state index in [4.69, 9.17) is 0 Å². The molecule has 0 bridgehead atoms. The van der Waals surface area contributed by atoms with Gasteiger partial charge in [-0.2, -0.15) is 21.6 Å². The lowest BCUT2D eigenvalue weighted by Gasteiger charge is -2.33. The summed E-state index contributed by atoms with van der Waals surface area (Å²) in [5.41, 5.74) is 1.45. The molecule has 13 heteroatoms. The van der Waals surface area contributed by atoms with Crippen LogP contribution in [0.4, 0.5) is 28.2 Å². The molecule has 236 valence electrons. The Balaban J connectivity index is 1.46. The SMILES string of the molecule is CC(Nc1cc(CNC(=O)[N+]2(S(=O)(=O)c3ccc(F)cc3)CCC[C@H]2C)cc(-c2ccc(C(F)(F)F)cc2)n1)c1ccncc1. The van der Waals surface area contributed by atoms with Crippen molar-refractivity contribution in [1.82, 2.24) is 15.3 Å². The molecule has 0 aliphatic carbocycles. The topological polar surface area (TPSA) is 101 Å². The summed E-state index contributed by atoms with van der Waals surface area (Å²) in [6.07, 6.45) is -0.187. The van der Waals surface area contributed by atoms with Crippen molar-refractivity contribution < 1.29 is 34.7 Å². The molecule has 2 aromatic carbocycles. The van der Waals surface area contributed by atoms with Gasteiger partial charge in [0, 0.05) is 37.3 Å². The molecule has 2 amide bonds. The van der Waals surface area contributed by atoms with Crippen LogP contribution in [0.5, 0.6) is 0 Å². The predicted octanol–water partition coefficient (Wildman–Crippen LogP) is 7.07. The molecule has 0 spiro atoms. The number of carbonyl (C=O) groups is 1. The van der Waals surface area contributed by atoms with E-state index in [-0.39, 0.29) is 24.0 Å². The van der Waals surface area contributed by atoms with Crippen LogP contribution in [0, 0.1) is 5.82 Å². The summed E-state index contributed by atoms with van der Waals surface area (Å²) in [5, 5.41) is 6.08. The molecule has 3 heterocycles. The van der Waals surface area contributed by atoms with Crippen LogP contribution >= 0.6 is 0 Å². The van der Waals surface area contributed by atoms with E-state index < -0.39 is 43.5 Å². The largest absolute Gasteiger partial charge is 0.432 e. The molecule has 1 saturated heterocycles. The molecule has 2 N–H and O–H groups in total. The zero-order valence-corrected chi connectivity index (χ0v) is 25.4. The maximum atomic E-state index is 13.9. The van der Waals surface area contributed by atoms with E-state index in [1.165, 1.54) is 12.1 Å². The van der Waals surface area contributed by atoms with E-state index in [2.05, 4.69) is 20.6 Å². The number of sulfonamides is 1. The number of quaternary nitrogens is 1. The average Bonchev–Trinajstić information content (AvgIpc) is 3.42. The molecule has 45 heavy (non-hydrogen) atoms. The third-order valence-electron chi connectivity index (χ3n) is 8.12. The average molecular weight is 643 g/mol. The van der Waals surface area contributed by atoms with Gasteiger partial charge in [0.25, 0.3) is 0 Å². The van der Waals surface area contributed by atoms with Crippen LogP contribution in [0.25, 0.3) is 11.3 Å². The lowest BCUT2D eigenvalue weighted by Crippen LogP contribution is -2.62. The number of likely N-dealkylation sites (tertiary alicyclic amines) is 1. The predicted molar refractivity (Wildman–Crippen MR) is 161 cm³/mol. The van der Waals surface area contributed by atoms with Gasteiger partial charge in [-0.3, -0.25) is 4.98 Å². The van der Waals surface area contributed by atoms with E-state index in [1.807, 2.05) is 19.1 Å². The fraction of sp³-hybridized carbons (Fsp3) is 0.281. The van der Waals surface area contributed by atoms with Gasteiger partial charge in [-0.1, -0.05) is 12.1 Å². The van der Waals surface area contributed by atoms with Crippen LogP contribution in [0.1, 0.15) is 49.4 Å². The summed E-state index contributed by atoms with van der Waals surface area (Å²) < 4.78 is 80.0. The first kappa shape index (κ1) is 32.0. The number of nitrogens with one attached hydrogen (secondary N) is 2. The number of anilines is 1. The fourth-order valence-electron chi connectivity index (χ4n) is 5.62. The van der Waals surface area contributed by atoms with Crippen molar-refractivity contribution in [1.29, 1.82) is 0 Å². The molecule has 8 nitrogen and oxygen atoms in total. The number of halogens is 4. The standard InChI is InChI=1S/C32H31F4N5O3S/c1-21-4-3-17-41(21,45(43,44)28-11-9-27(33)10-12-28)31(42)38-20-23-18-29(25-5-7-26(8-6-25)32(34,35)36)40-30(19-23)39-22(2)24-13-15-37-16-14-24/h5-16,18-19,21-22H,3-4,17,20H2,1-2H3,(H-,38,39,40,42)/p+1/t21-,22?,41?/m1/s1. The van der Waals surface area contributed by atoms with Crippen LogP contribution < -0.4 is 10.6 Å². The molecule has 1 fully saturated rings. The number of pyridine rings is 2. The van der Waals surface area contributed by atoms with Gasteiger partial charge in [-0.25, -0.2) is 14.2 Å². The monoisotopic (exact) mass is 642 g/mol. The first-order chi connectivity index (χ1) is 21.3. The Morgan fingerprint density at radius 2 is 1.69 bits per heavy atom. The second kappa shape index (κ2) is 12.6. The minimum absolute atomic E-state index is 0.0517. The molecule has 1 aliphatic rings. The first-order valence-electron chi connectivity index (χ1n) is 14.3. The maximum absolute atomic E-state index is 13.9. The first-order valence-corrected chi connectivity index (χ1v) is 15.8. The lowest BCUT2D eigenvalue weighted by atomic mass is 10.1. The molecule has 2 unspecified atom stereocenters. The van der Waals surface area contributed by atoms with Crippen LogP contribution in [0.2, 0.25) is 0 Å². The summed E-state index contributed by atoms with van der Waals surface area (Å²) in [5.74, 6) is -0.193. The van der Waals surface area contributed by atoms with Gasteiger partial charge in [-0.05, 0) is 85.6 Å². The highest BCUT2D eigenvalue weighted by molar-refractivity contribution is 7.86. The number of amides is 2. The van der Waals surface area contributed by atoms with Crippen LogP contribution in [0.3, 0.4) is 0 Å². The summed E-state index contributed by atoms with van der Waals surface area (Å²) in [7, 11) is -4.25. The summed E-state index contributed by atoms with van der Waals surface area (Å²) in [4.78, 5) is 22.3. The normalized spacial score (nSPS) is 19.2. The van der Waals surface area contributed by atoms with Crippen LogP contribution in [-0.4, -0.2) is 40.9 Å². The highest BCUT2D eigenvalue weighted by Crippen LogP contribution is 2.36. The highest BCUT2D eigenvalue weighted by Gasteiger charge is 2.56. The Hall–Kier alpha value is -4.36. The van der Waals surface area contributed by atoms with Gasteiger partial charge in [-0.15, -0.1) is 3.89 Å². The van der Waals surface area contributed by atoms with Crippen molar-refractivity contribution in [3.63, 3.8) is 0 Å². The van der Waals surface area contributed by atoms with E-state index in [1.54, 1.807) is 31.5 Å². The Morgan fingerprint density at radius 1 is 1.02 bits per heavy atom. The number of hydrogen-bond acceptors (Lipinski definition) is 6. The summed E-state index contributed by atoms with van der Waals surface area (Å²) >= 11 is 0. The van der Waals surface area contributed by atoms with Crippen molar-refractivity contribution in [2.24, 2.45) is 0 Å². The van der Waals surface area contributed by atoms with Gasteiger partial charge < -0.3 is 10.6 Å². The molecular weight excluding hydrogens is 610 g/mol. The number of nitrogens with zero attached hydrogens (tertiary/aromatic N) is 3. The molecule has 0 radical (unpaired) electrons. The number of alkyl halides is 3. The van der Waals surface area contributed by atoms with E-state index >= 15 is 0 Å². The Bertz CT molecular complexity index is 1770. The van der Waals surface area contributed by atoms with E-state index in [0.717, 1.165) is 42.0 Å². The zero-order valence-electron chi connectivity index (χ0n) is 24.6. The molecular formula is C32H32F4N5O3S+. The van der Waals surface area contributed by atoms with Gasteiger partial charge >= 0.3 is 22.2 Å². The summed E-state index contributed by atoms with van der Waals surface area (Å²) in [6, 6.07) is 14.5. The van der Waals surface area contributed by atoms with Crippen molar-refractivity contribution in [3.8, 4) is 11.3 Å². The Labute approximate surface area is 258 Å². The maximum Gasteiger partial charge on any atom is 0.432 e. The molecule has 2 aromatic heterocycles. The van der Waals surface area contributed by atoms with Crippen LogP contribution in [0.15, 0.2) is 90.1 Å². The third-order valence-corrected chi connectivity index (χ3v) is 10.5. The van der Waals surface area contributed by atoms with Crippen LogP contribution in [-0.2, 0) is 22.7 Å². The molecule has 4 aromatic rings. The van der Waals surface area contributed by atoms with Gasteiger partial charge in [0.2, 0.25) is 0 Å². The second-order valence-electron chi connectivity index (χ2n) is 11.1. The molecule has 1 aliphatic heterocycles. The molecule has 5 rings (SSSR count). The number of hydrogen-bond donors (Lipinski definition) is 2. The third kappa shape index (κ3) is 6.54. The van der Waals surface area contributed by atoms with Crippen molar-refractivity contribution in [2.75, 3.05) is 11.9 Å². The van der Waals surface area contributed by atoms with E-state index in [9.17, 15) is 30.8 Å². The van der Waals surface area contributed by atoms with Gasteiger partial charge in [0.1, 0.15) is 29.1 Å². The number of carbonyl (C=O) groups excluding carboxylic acids is 1. The number of aromatic nitrogens is 2. The van der Waals surface area contributed by atoms with Crippen molar-refractivity contribution in [2.45, 2.75) is 56.4 Å². The number of urea groups is 1. The smallest absolute Gasteiger partial charge is 0.364 e. The second-order valence-corrected chi connectivity index (χ2v) is 13.1. The van der Waals surface area contributed by atoms with Crippen molar-refractivity contribution >= 4 is 21.9 Å². The number of rotatable bonds is 8. The molecule has 3 atom stereocenters. The van der Waals surface area contributed by atoms with Gasteiger partial charge in [0.15, 0.2) is 0 Å². The highest BCUT2D eigenvalue weighted by atomic mass is 32.2. The van der Waals surface area contributed by atoms with Crippen molar-refractivity contribution in [3.05, 3.63) is 108 Å². The minimum atomic E-state index is -4.50. The van der Waals surface area contributed by atoms with Gasteiger partial charge in [0.05, 0.1) is 17.3 Å². The minimum Gasteiger partial charge on any atom is -0.364 e. The fourth-order valence-corrected chi connectivity index (χ4v) is 7.71. The zero-order chi connectivity index (χ0) is 32.4. The lowest BCUT2D eigenvalue weighted by molar-refractivity contribution is -0.733.